The van der Waals surface area contributed by atoms with Crippen LogP contribution in [0.15, 0.2) is 0 Å². The van der Waals surface area contributed by atoms with Crippen molar-refractivity contribution >= 4 is 10.8 Å². The minimum atomic E-state index is -0.667. The summed E-state index contributed by atoms with van der Waals surface area (Å²) in [5, 5.41) is 3.16. The lowest BCUT2D eigenvalue weighted by Crippen LogP contribution is -2.21. The lowest BCUT2D eigenvalue weighted by Gasteiger charge is -2.03. The third-order valence-electron chi connectivity index (χ3n) is 1.62. The van der Waals surface area contributed by atoms with E-state index in [0.717, 1.165) is 44.2 Å². The second-order valence-corrected chi connectivity index (χ2v) is 4.45. The Bertz CT molecular complexity index is 131. The second-order valence-electron chi connectivity index (χ2n) is 2.75. The molecule has 0 aliphatic heterocycles. The van der Waals surface area contributed by atoms with Gasteiger partial charge in [0.1, 0.15) is 0 Å². The fraction of sp³-hybridized carbons (Fsp3) is 1.00. The second kappa shape index (κ2) is 10.2. The van der Waals surface area contributed by atoms with Crippen LogP contribution in [0.4, 0.5) is 0 Å². The minimum Gasteiger partial charge on any atom is -0.382 e. The number of nitrogens with one attached hydrogen (secondary N) is 1. The summed E-state index contributed by atoms with van der Waals surface area (Å²) >= 11 is 0. The van der Waals surface area contributed by atoms with Gasteiger partial charge in [0, 0.05) is 42.1 Å². The van der Waals surface area contributed by atoms with Crippen LogP contribution < -0.4 is 5.32 Å². The van der Waals surface area contributed by atoms with E-state index in [1.54, 1.807) is 0 Å². The molecular weight excluding hydrogens is 186 g/mol. The largest absolute Gasteiger partial charge is 0.382 e. The van der Waals surface area contributed by atoms with Crippen molar-refractivity contribution in [2.75, 3.05) is 37.8 Å². The van der Waals surface area contributed by atoms with Crippen molar-refractivity contribution in [3.8, 4) is 0 Å². The maximum atomic E-state index is 11.3. The zero-order valence-corrected chi connectivity index (χ0v) is 9.49. The molecule has 13 heavy (non-hydrogen) atoms. The topological polar surface area (TPSA) is 38.3 Å². The highest BCUT2D eigenvalue weighted by atomic mass is 32.2. The Hall–Kier alpha value is 0.0700. The van der Waals surface area contributed by atoms with Gasteiger partial charge in [-0.2, -0.15) is 0 Å². The van der Waals surface area contributed by atoms with Crippen LogP contribution >= 0.6 is 0 Å². The summed E-state index contributed by atoms with van der Waals surface area (Å²) in [6.45, 7) is 7.33. The van der Waals surface area contributed by atoms with Crippen LogP contribution in [-0.2, 0) is 15.5 Å². The normalized spacial score (nSPS) is 13.1. The average molecular weight is 207 g/mol. The predicted molar refractivity (Wildman–Crippen MR) is 57.5 cm³/mol. The molecule has 3 nitrogen and oxygen atoms in total. The van der Waals surface area contributed by atoms with Crippen LogP contribution in [0.5, 0.6) is 0 Å². The van der Waals surface area contributed by atoms with Gasteiger partial charge in [-0.1, -0.05) is 6.92 Å². The van der Waals surface area contributed by atoms with E-state index in [-0.39, 0.29) is 0 Å². The zero-order valence-electron chi connectivity index (χ0n) is 8.67. The first-order chi connectivity index (χ1) is 6.31. The smallest absolute Gasteiger partial charge is 0.0474 e. The van der Waals surface area contributed by atoms with E-state index < -0.39 is 10.8 Å². The molecule has 0 amide bonds. The van der Waals surface area contributed by atoms with Crippen molar-refractivity contribution in [2.24, 2.45) is 0 Å². The van der Waals surface area contributed by atoms with E-state index in [1.807, 2.05) is 6.92 Å². The summed E-state index contributed by atoms with van der Waals surface area (Å²) in [4.78, 5) is 0. The van der Waals surface area contributed by atoms with Crippen LogP contribution in [-0.4, -0.2) is 42.0 Å². The van der Waals surface area contributed by atoms with Crippen molar-refractivity contribution in [2.45, 2.75) is 20.3 Å². The Morgan fingerprint density at radius 1 is 1.31 bits per heavy atom. The summed E-state index contributed by atoms with van der Waals surface area (Å²) in [7, 11) is -0.667. The standard InChI is InChI=1S/C9H21NO2S/c1-3-10-6-9-13(11)8-5-7-12-4-2/h10H,3-9H2,1-2H3. The zero-order chi connectivity index (χ0) is 9.94. The minimum absolute atomic E-state index is 0.667. The molecule has 0 saturated heterocycles. The fourth-order valence-corrected chi connectivity index (χ4v) is 1.95. The van der Waals surface area contributed by atoms with Crippen molar-refractivity contribution in [3.63, 3.8) is 0 Å². The van der Waals surface area contributed by atoms with Gasteiger partial charge in [-0.15, -0.1) is 0 Å². The van der Waals surface area contributed by atoms with E-state index in [4.69, 9.17) is 4.74 Å². The highest BCUT2D eigenvalue weighted by molar-refractivity contribution is 7.84. The highest BCUT2D eigenvalue weighted by Crippen LogP contribution is 1.88. The maximum absolute atomic E-state index is 11.3. The quantitative estimate of drug-likeness (QED) is 0.568. The van der Waals surface area contributed by atoms with Gasteiger partial charge in [0.15, 0.2) is 0 Å². The third kappa shape index (κ3) is 9.99. The van der Waals surface area contributed by atoms with Crippen molar-refractivity contribution in [3.05, 3.63) is 0 Å². The van der Waals surface area contributed by atoms with E-state index in [9.17, 15) is 4.21 Å². The van der Waals surface area contributed by atoms with Crippen LogP contribution in [0.3, 0.4) is 0 Å². The van der Waals surface area contributed by atoms with E-state index in [1.165, 1.54) is 0 Å². The lowest BCUT2D eigenvalue weighted by molar-refractivity contribution is 0.149. The molecule has 0 saturated carbocycles. The number of rotatable bonds is 9. The first-order valence-corrected chi connectivity index (χ1v) is 6.43. The molecular formula is C9H21NO2S. The number of hydrogen-bond acceptors (Lipinski definition) is 3. The molecule has 4 heteroatoms. The van der Waals surface area contributed by atoms with Gasteiger partial charge in [-0.05, 0) is 19.9 Å². The van der Waals surface area contributed by atoms with E-state index in [0.29, 0.717) is 0 Å². The van der Waals surface area contributed by atoms with Crippen molar-refractivity contribution in [1.82, 2.24) is 5.32 Å². The predicted octanol–water partition coefficient (Wildman–Crippen LogP) is 0.771. The molecule has 0 radical (unpaired) electrons. The molecule has 0 spiro atoms. The van der Waals surface area contributed by atoms with E-state index >= 15 is 0 Å². The highest BCUT2D eigenvalue weighted by Gasteiger charge is 1.98. The van der Waals surface area contributed by atoms with Gasteiger partial charge in [0.2, 0.25) is 0 Å². The molecule has 1 atom stereocenters. The van der Waals surface area contributed by atoms with Gasteiger partial charge >= 0.3 is 0 Å². The maximum Gasteiger partial charge on any atom is 0.0474 e. The lowest BCUT2D eigenvalue weighted by atomic mass is 10.5. The van der Waals surface area contributed by atoms with Crippen LogP contribution in [0.25, 0.3) is 0 Å². The Kier molecular flexibility index (Phi) is 10.2. The fourth-order valence-electron chi connectivity index (χ4n) is 0.931. The molecule has 0 aromatic heterocycles. The number of hydrogen-bond donors (Lipinski definition) is 1. The van der Waals surface area contributed by atoms with Crippen LogP contribution in [0.2, 0.25) is 0 Å². The summed E-state index contributed by atoms with van der Waals surface area (Å²) in [5.41, 5.74) is 0. The Balaban J connectivity index is 3.11. The average Bonchev–Trinajstić information content (AvgIpc) is 2.13. The SMILES string of the molecule is CCNCCS(=O)CCCOCC. The third-order valence-corrected chi connectivity index (χ3v) is 3.02. The molecule has 1 unspecified atom stereocenters. The molecule has 0 bridgehead atoms. The summed E-state index contributed by atoms with van der Waals surface area (Å²) < 4.78 is 16.5. The van der Waals surface area contributed by atoms with Gasteiger partial charge in [0.05, 0.1) is 0 Å². The first-order valence-electron chi connectivity index (χ1n) is 4.94. The van der Waals surface area contributed by atoms with Gasteiger partial charge in [0.25, 0.3) is 0 Å². The first kappa shape index (κ1) is 13.1. The molecule has 80 valence electrons. The molecule has 0 heterocycles. The van der Waals surface area contributed by atoms with Gasteiger partial charge in [-0.25, -0.2) is 0 Å². The van der Waals surface area contributed by atoms with Crippen molar-refractivity contribution in [1.29, 1.82) is 0 Å². The Morgan fingerprint density at radius 3 is 2.69 bits per heavy atom. The Labute approximate surface area is 83.7 Å². The molecule has 0 aromatic carbocycles. The molecule has 0 fully saturated rings. The van der Waals surface area contributed by atoms with Crippen LogP contribution in [0, 0.1) is 0 Å². The molecule has 0 aromatic rings. The molecule has 1 N–H and O–H groups in total. The van der Waals surface area contributed by atoms with E-state index in [2.05, 4.69) is 12.2 Å². The Morgan fingerprint density at radius 2 is 2.08 bits per heavy atom. The molecule has 0 aliphatic rings. The van der Waals surface area contributed by atoms with Crippen LogP contribution in [0.1, 0.15) is 20.3 Å². The summed E-state index contributed by atoms with van der Waals surface area (Å²) in [5.74, 6) is 1.53. The van der Waals surface area contributed by atoms with Gasteiger partial charge < -0.3 is 10.1 Å². The summed E-state index contributed by atoms with van der Waals surface area (Å²) in [6.07, 6.45) is 0.909. The summed E-state index contributed by atoms with van der Waals surface area (Å²) in [6, 6.07) is 0. The molecule has 0 rings (SSSR count). The number of ether oxygens (including phenoxy) is 1. The van der Waals surface area contributed by atoms with Crippen molar-refractivity contribution < 1.29 is 8.95 Å². The monoisotopic (exact) mass is 207 g/mol. The molecule has 0 aliphatic carbocycles. The van der Waals surface area contributed by atoms with Gasteiger partial charge in [-0.3, -0.25) is 4.21 Å².